The lowest BCUT2D eigenvalue weighted by atomic mass is 9.94. The number of hydrogen-bond donors (Lipinski definition) is 3. The van der Waals surface area contributed by atoms with Crippen molar-refractivity contribution in [1.29, 1.82) is 0 Å². The minimum absolute atomic E-state index is 0.0171. The Bertz CT molecular complexity index is 635. The first-order valence-corrected chi connectivity index (χ1v) is 7.18. The Morgan fingerprint density at radius 1 is 1.38 bits per heavy atom. The number of pyridine rings is 1. The Labute approximate surface area is 122 Å². The fourth-order valence-electron chi connectivity index (χ4n) is 2.45. The summed E-state index contributed by atoms with van der Waals surface area (Å²) in [5.74, 6) is -1.76. The van der Waals surface area contributed by atoms with E-state index in [1.165, 1.54) is 6.92 Å². The van der Waals surface area contributed by atoms with Crippen LogP contribution in [0.15, 0.2) is 10.9 Å². The minimum Gasteiger partial charge on any atom is -0.480 e. The van der Waals surface area contributed by atoms with Crippen molar-refractivity contribution >= 4 is 11.9 Å². The number of hydrogen-bond acceptors (Lipinski definition) is 3. The van der Waals surface area contributed by atoms with Crippen LogP contribution in [0.2, 0.25) is 0 Å². The van der Waals surface area contributed by atoms with Gasteiger partial charge >= 0.3 is 5.97 Å². The van der Waals surface area contributed by atoms with E-state index in [0.717, 1.165) is 36.9 Å². The molecule has 1 aliphatic carbocycles. The first kappa shape index (κ1) is 15.3. The number of aliphatic carboxylic acids is 1. The fourth-order valence-corrected chi connectivity index (χ4v) is 2.45. The quantitative estimate of drug-likeness (QED) is 0.777. The molecular formula is C15H20N2O4. The molecule has 1 aromatic heterocycles. The van der Waals surface area contributed by atoms with Gasteiger partial charge in [-0.2, -0.15) is 0 Å². The molecular weight excluding hydrogens is 272 g/mol. The smallest absolute Gasteiger partial charge is 0.329 e. The lowest BCUT2D eigenvalue weighted by molar-refractivity contribution is -0.143. The third-order valence-electron chi connectivity index (χ3n) is 4.15. The molecule has 21 heavy (non-hydrogen) atoms. The van der Waals surface area contributed by atoms with E-state index >= 15 is 0 Å². The molecule has 1 unspecified atom stereocenters. The predicted molar refractivity (Wildman–Crippen MR) is 77.5 cm³/mol. The van der Waals surface area contributed by atoms with Crippen LogP contribution in [0, 0.1) is 0 Å². The molecule has 1 amide bonds. The second-order valence-corrected chi connectivity index (χ2v) is 5.67. The summed E-state index contributed by atoms with van der Waals surface area (Å²) in [6, 6.07) is 1.60. The van der Waals surface area contributed by atoms with Crippen LogP contribution in [0.4, 0.5) is 0 Å². The first-order valence-electron chi connectivity index (χ1n) is 7.18. The van der Waals surface area contributed by atoms with E-state index in [-0.39, 0.29) is 12.0 Å². The molecule has 1 heterocycles. The maximum atomic E-state index is 12.2. The molecule has 0 saturated heterocycles. The zero-order chi connectivity index (χ0) is 15.6. The summed E-state index contributed by atoms with van der Waals surface area (Å²) in [6.07, 6.45) is 3.94. The summed E-state index contributed by atoms with van der Waals surface area (Å²) in [5, 5.41) is 11.6. The molecule has 0 spiro atoms. The first-order chi connectivity index (χ1) is 9.87. The Balaban J connectivity index is 2.32. The van der Waals surface area contributed by atoms with Gasteiger partial charge < -0.3 is 15.4 Å². The molecule has 0 bridgehead atoms. The summed E-state index contributed by atoms with van der Waals surface area (Å²) >= 11 is 0. The standard InChI is InChI=1S/C15H20N2O4/c1-3-15(2,14(20)21)17-13(19)10-8-9-6-4-5-7-11(9)16-12(10)18/h8H,3-7H2,1-2H3,(H,16,18)(H,17,19)(H,20,21). The van der Waals surface area contributed by atoms with Crippen molar-refractivity contribution in [3.8, 4) is 0 Å². The average Bonchev–Trinajstić information content (AvgIpc) is 2.46. The lowest BCUT2D eigenvalue weighted by Gasteiger charge is -2.24. The van der Waals surface area contributed by atoms with Gasteiger partial charge in [0.2, 0.25) is 0 Å². The molecule has 1 atom stereocenters. The van der Waals surface area contributed by atoms with Gasteiger partial charge in [-0.05, 0) is 50.7 Å². The number of fused-ring (bicyclic) bond motifs is 1. The summed E-state index contributed by atoms with van der Waals surface area (Å²) in [6.45, 7) is 3.10. The Morgan fingerprint density at radius 2 is 2.05 bits per heavy atom. The number of nitrogens with one attached hydrogen (secondary N) is 2. The number of carbonyl (C=O) groups is 2. The molecule has 6 nitrogen and oxygen atoms in total. The summed E-state index contributed by atoms with van der Waals surface area (Å²) in [4.78, 5) is 38.2. The number of amides is 1. The molecule has 6 heteroatoms. The normalized spacial score (nSPS) is 16.7. The second kappa shape index (κ2) is 5.71. The molecule has 1 aliphatic rings. The molecule has 114 valence electrons. The van der Waals surface area contributed by atoms with Crippen molar-refractivity contribution in [3.05, 3.63) is 33.2 Å². The number of aromatic amines is 1. The van der Waals surface area contributed by atoms with Gasteiger partial charge in [0.25, 0.3) is 11.5 Å². The number of carboxylic acid groups (broad SMARTS) is 1. The molecule has 0 aromatic carbocycles. The van der Waals surface area contributed by atoms with Gasteiger partial charge in [-0.1, -0.05) is 6.92 Å². The molecule has 2 rings (SSSR count). The van der Waals surface area contributed by atoms with Crippen LogP contribution >= 0.6 is 0 Å². The van der Waals surface area contributed by atoms with Crippen LogP contribution in [0.25, 0.3) is 0 Å². The van der Waals surface area contributed by atoms with E-state index in [9.17, 15) is 19.5 Å². The van der Waals surface area contributed by atoms with Crippen molar-refractivity contribution in [2.24, 2.45) is 0 Å². The highest BCUT2D eigenvalue weighted by atomic mass is 16.4. The molecule has 0 fully saturated rings. The third kappa shape index (κ3) is 2.99. The molecule has 3 N–H and O–H groups in total. The number of aryl methyl sites for hydroxylation is 2. The second-order valence-electron chi connectivity index (χ2n) is 5.67. The zero-order valence-electron chi connectivity index (χ0n) is 12.3. The largest absolute Gasteiger partial charge is 0.480 e. The van der Waals surface area contributed by atoms with Gasteiger partial charge in [0.05, 0.1) is 0 Å². The molecule has 0 radical (unpaired) electrons. The van der Waals surface area contributed by atoms with Gasteiger partial charge in [0.15, 0.2) is 0 Å². The number of carboxylic acids is 1. The van der Waals surface area contributed by atoms with Crippen LogP contribution in [-0.4, -0.2) is 27.5 Å². The zero-order valence-corrected chi connectivity index (χ0v) is 12.3. The number of rotatable bonds is 4. The summed E-state index contributed by atoms with van der Waals surface area (Å²) in [7, 11) is 0. The van der Waals surface area contributed by atoms with Crippen LogP contribution in [0.1, 0.15) is 54.7 Å². The van der Waals surface area contributed by atoms with E-state index in [2.05, 4.69) is 10.3 Å². The third-order valence-corrected chi connectivity index (χ3v) is 4.15. The van der Waals surface area contributed by atoms with Gasteiger partial charge in [0.1, 0.15) is 11.1 Å². The number of H-pyrrole nitrogens is 1. The van der Waals surface area contributed by atoms with E-state index in [0.29, 0.717) is 0 Å². The van der Waals surface area contributed by atoms with Crippen molar-refractivity contribution in [2.45, 2.75) is 51.5 Å². The maximum Gasteiger partial charge on any atom is 0.329 e. The van der Waals surface area contributed by atoms with E-state index in [1.807, 2.05) is 0 Å². The van der Waals surface area contributed by atoms with E-state index < -0.39 is 23.0 Å². The fraction of sp³-hybridized carbons (Fsp3) is 0.533. The van der Waals surface area contributed by atoms with Crippen LogP contribution in [-0.2, 0) is 17.6 Å². The Hall–Kier alpha value is -2.11. The Kier molecular flexibility index (Phi) is 4.16. The van der Waals surface area contributed by atoms with Crippen molar-refractivity contribution in [3.63, 3.8) is 0 Å². The average molecular weight is 292 g/mol. The highest BCUT2D eigenvalue weighted by molar-refractivity contribution is 5.97. The van der Waals surface area contributed by atoms with E-state index in [1.54, 1.807) is 13.0 Å². The molecule has 1 aromatic rings. The SMILES string of the molecule is CCC(C)(NC(=O)c1cc2c([nH]c1=O)CCCC2)C(=O)O. The van der Waals surface area contributed by atoms with Crippen molar-refractivity contribution < 1.29 is 14.7 Å². The van der Waals surface area contributed by atoms with Gasteiger partial charge in [0, 0.05) is 5.69 Å². The van der Waals surface area contributed by atoms with Crippen molar-refractivity contribution in [2.75, 3.05) is 0 Å². The van der Waals surface area contributed by atoms with Crippen LogP contribution in [0.3, 0.4) is 0 Å². The minimum atomic E-state index is -1.38. The monoisotopic (exact) mass is 292 g/mol. The summed E-state index contributed by atoms with van der Waals surface area (Å²) < 4.78 is 0. The maximum absolute atomic E-state index is 12.2. The van der Waals surface area contributed by atoms with Gasteiger partial charge in [-0.3, -0.25) is 9.59 Å². The topological polar surface area (TPSA) is 99.3 Å². The predicted octanol–water partition coefficient (Wildman–Crippen LogP) is 1.24. The highest BCUT2D eigenvalue weighted by Crippen LogP contribution is 2.19. The van der Waals surface area contributed by atoms with Gasteiger partial charge in [-0.25, -0.2) is 4.79 Å². The number of carbonyl (C=O) groups excluding carboxylic acids is 1. The van der Waals surface area contributed by atoms with Crippen LogP contribution < -0.4 is 10.9 Å². The molecule has 0 aliphatic heterocycles. The Morgan fingerprint density at radius 3 is 2.67 bits per heavy atom. The van der Waals surface area contributed by atoms with E-state index in [4.69, 9.17) is 0 Å². The van der Waals surface area contributed by atoms with Gasteiger partial charge in [-0.15, -0.1) is 0 Å². The van der Waals surface area contributed by atoms with Crippen LogP contribution in [0.5, 0.6) is 0 Å². The summed E-state index contributed by atoms with van der Waals surface area (Å²) in [5.41, 5.74) is 0.00627. The van der Waals surface area contributed by atoms with Crippen molar-refractivity contribution in [1.82, 2.24) is 10.3 Å². The highest BCUT2D eigenvalue weighted by Gasteiger charge is 2.33. The number of aromatic nitrogens is 1. The lowest BCUT2D eigenvalue weighted by Crippen LogP contribution is -2.52. The molecule has 0 saturated carbocycles.